The van der Waals surface area contributed by atoms with E-state index < -0.39 is 18.0 Å². The first-order chi connectivity index (χ1) is 7.47. The molecule has 0 aliphatic heterocycles. The summed E-state index contributed by atoms with van der Waals surface area (Å²) >= 11 is 0. The van der Waals surface area contributed by atoms with Crippen molar-refractivity contribution in [1.82, 2.24) is 0 Å². The molecule has 0 fully saturated rings. The summed E-state index contributed by atoms with van der Waals surface area (Å²) in [6.45, 7) is 5.70. The lowest BCUT2D eigenvalue weighted by Gasteiger charge is -2.18. The number of hydrogen-bond donors (Lipinski definition) is 2. The number of carboxylic acid groups (broad SMARTS) is 1. The zero-order chi connectivity index (χ0) is 12.3. The molecule has 1 rings (SSSR count). The van der Waals surface area contributed by atoms with Gasteiger partial charge in [-0.3, -0.25) is 4.79 Å². The molecule has 0 spiro atoms. The van der Waals surface area contributed by atoms with Crippen LogP contribution in [0.25, 0.3) is 0 Å². The summed E-state index contributed by atoms with van der Waals surface area (Å²) in [7, 11) is 0. The van der Waals surface area contributed by atoms with E-state index in [4.69, 9.17) is 5.11 Å². The quantitative estimate of drug-likeness (QED) is 0.822. The van der Waals surface area contributed by atoms with Crippen molar-refractivity contribution in [3.05, 3.63) is 34.9 Å². The number of aryl methyl sites for hydroxylation is 2. The maximum absolute atomic E-state index is 10.9. The molecule has 0 heterocycles. The van der Waals surface area contributed by atoms with Gasteiger partial charge in [0.05, 0.1) is 12.0 Å². The number of aliphatic carboxylic acids is 1. The number of rotatable bonds is 4. The second-order valence-corrected chi connectivity index (χ2v) is 4.14. The SMILES string of the molecule is CCC(C(=O)O)C(O)c1ccc(C)c(C)c1. The first kappa shape index (κ1) is 12.7. The Morgan fingerprint density at radius 3 is 2.38 bits per heavy atom. The molecule has 88 valence electrons. The predicted octanol–water partition coefficient (Wildman–Crippen LogP) is 2.45. The zero-order valence-corrected chi connectivity index (χ0v) is 9.90. The summed E-state index contributed by atoms with van der Waals surface area (Å²) in [4.78, 5) is 10.9. The van der Waals surface area contributed by atoms with Crippen LogP contribution < -0.4 is 0 Å². The van der Waals surface area contributed by atoms with Gasteiger partial charge in [0.2, 0.25) is 0 Å². The number of aliphatic hydroxyl groups is 1. The van der Waals surface area contributed by atoms with E-state index in [1.54, 1.807) is 13.0 Å². The Morgan fingerprint density at radius 1 is 1.31 bits per heavy atom. The van der Waals surface area contributed by atoms with Gasteiger partial charge in [-0.1, -0.05) is 25.1 Å². The third-order valence-electron chi connectivity index (χ3n) is 3.01. The maximum atomic E-state index is 10.9. The predicted molar refractivity (Wildman–Crippen MR) is 62.3 cm³/mol. The molecule has 1 aromatic carbocycles. The second-order valence-electron chi connectivity index (χ2n) is 4.14. The lowest BCUT2D eigenvalue weighted by molar-refractivity contribution is -0.146. The second kappa shape index (κ2) is 5.12. The number of benzene rings is 1. The molecule has 0 saturated carbocycles. The van der Waals surface area contributed by atoms with Gasteiger partial charge in [-0.15, -0.1) is 0 Å². The molecule has 2 unspecified atom stereocenters. The van der Waals surface area contributed by atoms with Crippen LogP contribution in [0.15, 0.2) is 18.2 Å². The van der Waals surface area contributed by atoms with Crippen LogP contribution in [0.5, 0.6) is 0 Å². The van der Waals surface area contributed by atoms with Gasteiger partial charge < -0.3 is 10.2 Å². The van der Waals surface area contributed by atoms with Crippen molar-refractivity contribution in [1.29, 1.82) is 0 Å². The van der Waals surface area contributed by atoms with Gasteiger partial charge in [-0.05, 0) is 37.0 Å². The summed E-state index contributed by atoms with van der Waals surface area (Å²) in [6.07, 6.45) is -0.509. The molecular weight excluding hydrogens is 204 g/mol. The van der Waals surface area contributed by atoms with Crippen LogP contribution in [0.1, 0.15) is 36.1 Å². The summed E-state index contributed by atoms with van der Waals surface area (Å²) in [6, 6.07) is 5.55. The molecule has 0 aliphatic rings. The average Bonchev–Trinajstić information content (AvgIpc) is 2.22. The molecule has 2 N–H and O–H groups in total. The van der Waals surface area contributed by atoms with Crippen LogP contribution in [0.4, 0.5) is 0 Å². The Balaban J connectivity index is 2.99. The fraction of sp³-hybridized carbons (Fsp3) is 0.462. The van der Waals surface area contributed by atoms with Crippen LogP contribution in [0.2, 0.25) is 0 Å². The summed E-state index contributed by atoms with van der Waals surface area (Å²) < 4.78 is 0. The third kappa shape index (κ3) is 2.61. The van der Waals surface area contributed by atoms with Crippen LogP contribution in [0, 0.1) is 19.8 Å². The van der Waals surface area contributed by atoms with Crippen LogP contribution in [-0.4, -0.2) is 16.2 Å². The minimum atomic E-state index is -0.951. The first-order valence-corrected chi connectivity index (χ1v) is 5.45. The zero-order valence-electron chi connectivity index (χ0n) is 9.90. The summed E-state index contributed by atoms with van der Waals surface area (Å²) in [5.41, 5.74) is 2.88. The molecule has 16 heavy (non-hydrogen) atoms. The molecule has 0 aromatic heterocycles. The topological polar surface area (TPSA) is 57.5 Å². The van der Waals surface area contributed by atoms with Gasteiger partial charge in [0.1, 0.15) is 0 Å². The Labute approximate surface area is 95.7 Å². The van der Waals surface area contributed by atoms with Crippen molar-refractivity contribution < 1.29 is 15.0 Å². The molecular formula is C13H18O3. The van der Waals surface area contributed by atoms with Crippen molar-refractivity contribution in [2.75, 3.05) is 0 Å². The van der Waals surface area contributed by atoms with E-state index in [1.165, 1.54) is 0 Å². The van der Waals surface area contributed by atoms with Crippen molar-refractivity contribution >= 4 is 5.97 Å². The summed E-state index contributed by atoms with van der Waals surface area (Å²) in [5, 5.41) is 19.0. The highest BCUT2D eigenvalue weighted by Gasteiger charge is 2.25. The Hall–Kier alpha value is -1.35. The van der Waals surface area contributed by atoms with Crippen LogP contribution in [-0.2, 0) is 4.79 Å². The number of carbonyl (C=O) groups is 1. The van der Waals surface area contributed by atoms with Gasteiger partial charge in [0.25, 0.3) is 0 Å². The van der Waals surface area contributed by atoms with Crippen molar-refractivity contribution in [2.24, 2.45) is 5.92 Å². The molecule has 3 nitrogen and oxygen atoms in total. The van der Waals surface area contributed by atoms with Crippen molar-refractivity contribution in [2.45, 2.75) is 33.3 Å². The van der Waals surface area contributed by atoms with E-state index >= 15 is 0 Å². The van der Waals surface area contributed by atoms with E-state index in [0.29, 0.717) is 12.0 Å². The molecule has 1 aromatic rings. The van der Waals surface area contributed by atoms with Gasteiger partial charge >= 0.3 is 5.97 Å². The van der Waals surface area contributed by atoms with E-state index in [9.17, 15) is 9.90 Å². The average molecular weight is 222 g/mol. The van der Waals surface area contributed by atoms with Gasteiger partial charge in [-0.2, -0.15) is 0 Å². The monoisotopic (exact) mass is 222 g/mol. The highest BCUT2D eigenvalue weighted by Crippen LogP contribution is 2.26. The highest BCUT2D eigenvalue weighted by atomic mass is 16.4. The van der Waals surface area contributed by atoms with Crippen LogP contribution in [0.3, 0.4) is 0 Å². The van der Waals surface area contributed by atoms with Gasteiger partial charge in [-0.25, -0.2) is 0 Å². The number of hydrogen-bond acceptors (Lipinski definition) is 2. The summed E-state index contributed by atoms with van der Waals surface area (Å²) in [5.74, 6) is -1.68. The fourth-order valence-corrected chi connectivity index (χ4v) is 1.71. The van der Waals surface area contributed by atoms with E-state index in [0.717, 1.165) is 11.1 Å². The number of carboxylic acids is 1. The Bertz CT molecular complexity index is 385. The molecule has 0 saturated heterocycles. The minimum absolute atomic E-state index is 0.420. The van der Waals surface area contributed by atoms with E-state index in [2.05, 4.69) is 0 Å². The molecule has 0 bridgehead atoms. The largest absolute Gasteiger partial charge is 0.481 e. The highest BCUT2D eigenvalue weighted by molar-refractivity contribution is 5.71. The molecule has 0 amide bonds. The molecule has 3 heteroatoms. The van der Waals surface area contributed by atoms with E-state index in [1.807, 2.05) is 26.0 Å². The Morgan fingerprint density at radius 2 is 1.94 bits per heavy atom. The van der Waals surface area contributed by atoms with Gasteiger partial charge in [0, 0.05) is 0 Å². The third-order valence-corrected chi connectivity index (χ3v) is 3.01. The normalized spacial score (nSPS) is 14.5. The van der Waals surface area contributed by atoms with Crippen molar-refractivity contribution in [3.8, 4) is 0 Å². The molecule has 2 atom stereocenters. The Kier molecular flexibility index (Phi) is 4.07. The first-order valence-electron chi connectivity index (χ1n) is 5.45. The molecule has 0 aliphatic carbocycles. The number of aliphatic hydroxyl groups excluding tert-OH is 1. The van der Waals surface area contributed by atoms with Gasteiger partial charge in [0.15, 0.2) is 0 Å². The van der Waals surface area contributed by atoms with E-state index in [-0.39, 0.29) is 0 Å². The maximum Gasteiger partial charge on any atom is 0.309 e. The van der Waals surface area contributed by atoms with Crippen LogP contribution >= 0.6 is 0 Å². The smallest absolute Gasteiger partial charge is 0.309 e. The standard InChI is InChI=1S/C13H18O3/c1-4-11(13(15)16)12(14)10-6-5-8(2)9(3)7-10/h5-7,11-12,14H,4H2,1-3H3,(H,15,16). The molecule has 0 radical (unpaired) electrons. The van der Waals surface area contributed by atoms with Crippen molar-refractivity contribution in [3.63, 3.8) is 0 Å². The lowest BCUT2D eigenvalue weighted by Crippen LogP contribution is -2.21. The fourth-order valence-electron chi connectivity index (χ4n) is 1.71. The lowest BCUT2D eigenvalue weighted by atomic mass is 9.92. The minimum Gasteiger partial charge on any atom is -0.481 e.